The van der Waals surface area contributed by atoms with Gasteiger partial charge in [-0.05, 0) is 53.6 Å². The van der Waals surface area contributed by atoms with Gasteiger partial charge in [-0.3, -0.25) is 14.1 Å². The molecule has 4 aromatic carbocycles. The highest BCUT2D eigenvalue weighted by Crippen LogP contribution is 2.36. The normalized spacial score (nSPS) is 11.5. The van der Waals surface area contributed by atoms with Crippen LogP contribution in [0.2, 0.25) is 0 Å². The van der Waals surface area contributed by atoms with Gasteiger partial charge in [0.25, 0.3) is 0 Å². The van der Waals surface area contributed by atoms with Crippen molar-refractivity contribution in [3.63, 3.8) is 0 Å². The van der Waals surface area contributed by atoms with Crippen LogP contribution in [0.25, 0.3) is 66.4 Å². The van der Waals surface area contributed by atoms with Crippen molar-refractivity contribution in [3.8, 4) is 28.8 Å². The van der Waals surface area contributed by atoms with Crippen molar-refractivity contribution < 1.29 is 0 Å². The first kappa shape index (κ1) is 22.3. The summed E-state index contributed by atoms with van der Waals surface area (Å²) in [7, 11) is 0. The first-order valence-corrected chi connectivity index (χ1v) is 13.2. The molecular weight excluding hydrogens is 490 g/mol. The Morgan fingerprint density at radius 2 is 1.05 bits per heavy atom. The molecule has 4 heterocycles. The maximum Gasteiger partial charge on any atom is 0.140 e. The van der Waals surface area contributed by atoms with E-state index in [1.807, 2.05) is 42.7 Å². The molecule has 8 aromatic rings. The Bertz CT molecular complexity index is 2060. The number of para-hydroxylation sites is 3. The molecule has 0 amide bonds. The lowest BCUT2D eigenvalue weighted by atomic mass is 10.0. The van der Waals surface area contributed by atoms with E-state index in [2.05, 4.69) is 105 Å². The summed E-state index contributed by atoms with van der Waals surface area (Å²) in [6.45, 7) is 0. The minimum atomic E-state index is 0.622. The second-order valence-electron chi connectivity index (χ2n) is 9.84. The molecule has 5 nitrogen and oxygen atoms in total. The number of pyridine rings is 2. The highest BCUT2D eigenvalue weighted by atomic mass is 15.1. The summed E-state index contributed by atoms with van der Waals surface area (Å²) in [6.07, 6.45) is 3.72. The molecule has 0 radical (unpaired) electrons. The van der Waals surface area contributed by atoms with Gasteiger partial charge in [0.1, 0.15) is 11.6 Å². The molecule has 8 rings (SSSR count). The van der Waals surface area contributed by atoms with E-state index in [1.165, 1.54) is 10.8 Å². The number of benzene rings is 4. The van der Waals surface area contributed by atoms with E-state index in [0.717, 1.165) is 55.6 Å². The van der Waals surface area contributed by atoms with Crippen LogP contribution >= 0.6 is 0 Å². The third kappa shape index (κ3) is 3.20. The average Bonchev–Trinajstić information content (AvgIpc) is 3.54. The molecule has 0 saturated heterocycles. The van der Waals surface area contributed by atoms with E-state index in [0.29, 0.717) is 5.56 Å². The van der Waals surface area contributed by atoms with E-state index < -0.39 is 0 Å². The van der Waals surface area contributed by atoms with E-state index in [1.54, 1.807) is 0 Å². The van der Waals surface area contributed by atoms with Crippen molar-refractivity contribution >= 4 is 43.6 Å². The van der Waals surface area contributed by atoms with Gasteiger partial charge in [-0.25, -0.2) is 4.98 Å². The van der Waals surface area contributed by atoms with Gasteiger partial charge >= 0.3 is 0 Å². The smallest absolute Gasteiger partial charge is 0.140 e. The number of nitriles is 1. The number of rotatable bonds is 3. The van der Waals surface area contributed by atoms with Gasteiger partial charge in [0, 0.05) is 27.7 Å². The second kappa shape index (κ2) is 8.65. The number of fused-ring (bicyclic) bond motifs is 6. The summed E-state index contributed by atoms with van der Waals surface area (Å²) in [6, 6.07) is 41.5. The van der Waals surface area contributed by atoms with Crippen LogP contribution in [0.3, 0.4) is 0 Å². The molecule has 0 spiro atoms. The molecule has 0 bridgehead atoms. The molecule has 0 fully saturated rings. The topological polar surface area (TPSA) is 59.4 Å². The van der Waals surface area contributed by atoms with Crippen molar-refractivity contribution in [1.82, 2.24) is 19.1 Å². The minimum Gasteiger partial charge on any atom is -0.294 e. The minimum absolute atomic E-state index is 0.622. The lowest BCUT2D eigenvalue weighted by molar-refractivity contribution is 1.01. The number of nitrogens with zero attached hydrogens (tertiary/aromatic N) is 5. The molecule has 0 atom stereocenters. The SMILES string of the molecule is N#Cc1ccccc1-c1cc(-n2c3ccccc3c3ccccc32)nc(-n2c3ccccc3c3ccncc32)c1. The highest BCUT2D eigenvalue weighted by molar-refractivity contribution is 6.10. The summed E-state index contributed by atoms with van der Waals surface area (Å²) in [4.78, 5) is 9.77. The molecular formula is C35H21N5. The zero-order chi connectivity index (χ0) is 26.6. The molecule has 0 N–H and O–H groups in total. The Hall–Kier alpha value is -5.73. The predicted octanol–water partition coefficient (Wildman–Crippen LogP) is 8.21. The highest BCUT2D eigenvalue weighted by Gasteiger charge is 2.18. The molecule has 0 aliphatic heterocycles. The van der Waals surface area contributed by atoms with Crippen molar-refractivity contribution in [2.75, 3.05) is 0 Å². The van der Waals surface area contributed by atoms with Crippen LogP contribution in [0.5, 0.6) is 0 Å². The zero-order valence-electron chi connectivity index (χ0n) is 21.4. The molecule has 186 valence electrons. The van der Waals surface area contributed by atoms with E-state index in [4.69, 9.17) is 4.98 Å². The summed E-state index contributed by atoms with van der Waals surface area (Å²) < 4.78 is 4.40. The van der Waals surface area contributed by atoms with Crippen LogP contribution < -0.4 is 0 Å². The molecule has 0 saturated carbocycles. The largest absolute Gasteiger partial charge is 0.294 e. The van der Waals surface area contributed by atoms with Crippen LogP contribution in [0.15, 0.2) is 128 Å². The van der Waals surface area contributed by atoms with Crippen molar-refractivity contribution in [1.29, 1.82) is 5.26 Å². The Labute approximate surface area is 229 Å². The third-order valence-electron chi connectivity index (χ3n) is 7.67. The van der Waals surface area contributed by atoms with E-state index in [9.17, 15) is 5.26 Å². The van der Waals surface area contributed by atoms with Crippen molar-refractivity contribution in [3.05, 3.63) is 133 Å². The molecule has 0 aliphatic carbocycles. The first-order chi connectivity index (χ1) is 19.8. The summed E-state index contributed by atoms with van der Waals surface area (Å²) >= 11 is 0. The van der Waals surface area contributed by atoms with E-state index >= 15 is 0 Å². The summed E-state index contributed by atoms with van der Waals surface area (Å²) in [5.74, 6) is 1.55. The van der Waals surface area contributed by atoms with Crippen molar-refractivity contribution in [2.24, 2.45) is 0 Å². The number of hydrogen-bond acceptors (Lipinski definition) is 3. The summed E-state index contributed by atoms with van der Waals surface area (Å²) in [5.41, 5.74) is 6.61. The number of aromatic nitrogens is 4. The van der Waals surface area contributed by atoms with Gasteiger partial charge in [0.05, 0.1) is 39.9 Å². The first-order valence-electron chi connectivity index (χ1n) is 13.2. The van der Waals surface area contributed by atoms with Gasteiger partial charge in [-0.2, -0.15) is 5.26 Å². The molecule has 40 heavy (non-hydrogen) atoms. The lowest BCUT2D eigenvalue weighted by Gasteiger charge is -2.15. The fourth-order valence-corrected chi connectivity index (χ4v) is 5.95. The maximum atomic E-state index is 9.97. The van der Waals surface area contributed by atoms with Crippen LogP contribution in [0, 0.1) is 11.3 Å². The Kier molecular flexibility index (Phi) is 4.82. The van der Waals surface area contributed by atoms with Gasteiger partial charge in [-0.15, -0.1) is 0 Å². The van der Waals surface area contributed by atoms with Crippen LogP contribution in [0.1, 0.15) is 5.56 Å². The summed E-state index contributed by atoms with van der Waals surface area (Å²) in [5, 5.41) is 14.6. The van der Waals surface area contributed by atoms with Gasteiger partial charge in [0.15, 0.2) is 0 Å². The fraction of sp³-hybridized carbons (Fsp3) is 0. The van der Waals surface area contributed by atoms with Crippen LogP contribution in [-0.2, 0) is 0 Å². The molecule has 5 heteroatoms. The second-order valence-corrected chi connectivity index (χ2v) is 9.84. The Morgan fingerprint density at radius 1 is 0.550 bits per heavy atom. The quantitative estimate of drug-likeness (QED) is 0.240. The van der Waals surface area contributed by atoms with Gasteiger partial charge in [-0.1, -0.05) is 72.8 Å². The van der Waals surface area contributed by atoms with E-state index in [-0.39, 0.29) is 0 Å². The predicted molar refractivity (Wildman–Crippen MR) is 161 cm³/mol. The standard InChI is InChI=1S/C35H21N5/c36-21-23-9-1-2-10-25(23)24-19-34(39-30-14-6-3-11-26(30)27-12-4-7-15-31(27)39)38-35(20-24)40-32-16-8-5-13-28(32)29-17-18-37-22-33(29)40/h1-20,22H. The maximum absolute atomic E-state index is 9.97. The van der Waals surface area contributed by atoms with Crippen LogP contribution in [0.4, 0.5) is 0 Å². The zero-order valence-corrected chi connectivity index (χ0v) is 21.4. The Balaban J connectivity index is 1.52. The van der Waals surface area contributed by atoms with Gasteiger partial charge in [0.2, 0.25) is 0 Å². The lowest BCUT2D eigenvalue weighted by Crippen LogP contribution is -2.04. The molecule has 4 aromatic heterocycles. The molecule has 0 aliphatic rings. The van der Waals surface area contributed by atoms with Crippen molar-refractivity contribution in [2.45, 2.75) is 0 Å². The monoisotopic (exact) mass is 511 g/mol. The fourth-order valence-electron chi connectivity index (χ4n) is 5.95. The van der Waals surface area contributed by atoms with Gasteiger partial charge < -0.3 is 0 Å². The average molecular weight is 512 g/mol. The Morgan fingerprint density at radius 3 is 1.65 bits per heavy atom. The molecule has 0 unspecified atom stereocenters. The number of hydrogen-bond donors (Lipinski definition) is 0. The third-order valence-corrected chi connectivity index (χ3v) is 7.67. The van der Waals surface area contributed by atoms with Crippen LogP contribution in [-0.4, -0.2) is 19.1 Å².